The number of nitriles is 1. The van der Waals surface area contributed by atoms with Gasteiger partial charge in [-0.05, 0) is 47.9 Å². The first-order valence-electron chi connectivity index (χ1n) is 11.1. The van der Waals surface area contributed by atoms with Gasteiger partial charge in [0.05, 0.1) is 35.9 Å². The van der Waals surface area contributed by atoms with Crippen molar-refractivity contribution in [3.8, 4) is 17.3 Å². The van der Waals surface area contributed by atoms with Gasteiger partial charge in [0.2, 0.25) is 0 Å². The second kappa shape index (κ2) is 10.3. The molecule has 0 spiro atoms. The Morgan fingerprint density at radius 3 is 2.60 bits per heavy atom. The number of aliphatic hydroxyl groups is 1. The van der Waals surface area contributed by atoms with E-state index in [-0.39, 0.29) is 18.5 Å². The highest BCUT2D eigenvalue weighted by Crippen LogP contribution is 2.37. The molecule has 0 saturated carbocycles. The molecule has 0 unspecified atom stereocenters. The Morgan fingerprint density at radius 1 is 1.17 bits per heavy atom. The maximum atomic E-state index is 14.4. The average molecular weight is 481 g/mol. The summed E-state index contributed by atoms with van der Waals surface area (Å²) >= 11 is 0. The number of hydrogen-bond acceptors (Lipinski definition) is 6. The van der Waals surface area contributed by atoms with Crippen molar-refractivity contribution in [3.05, 3.63) is 83.1 Å². The number of carbonyl (C=O) groups excluding carboxylic acids is 1. The first-order chi connectivity index (χ1) is 16.8. The van der Waals surface area contributed by atoms with Crippen LogP contribution in [0.4, 0.5) is 13.2 Å². The molecule has 4 atom stereocenters. The Bertz CT molecular complexity index is 1270. The number of aromatic nitrogens is 2. The number of halogens is 3. The van der Waals surface area contributed by atoms with Gasteiger partial charge in [0.1, 0.15) is 28.8 Å². The van der Waals surface area contributed by atoms with Crippen LogP contribution in [0.15, 0.2) is 48.8 Å². The maximum absolute atomic E-state index is 14.4. The molecule has 1 N–H and O–H groups in total. The molecule has 1 saturated heterocycles. The lowest BCUT2D eigenvalue weighted by Crippen LogP contribution is -2.40. The third-order valence-corrected chi connectivity index (χ3v) is 6.13. The van der Waals surface area contributed by atoms with Gasteiger partial charge >= 0.3 is 0 Å². The van der Waals surface area contributed by atoms with Crippen LogP contribution in [0.2, 0.25) is 0 Å². The highest BCUT2D eigenvalue weighted by atomic mass is 19.1. The molecule has 35 heavy (non-hydrogen) atoms. The van der Waals surface area contributed by atoms with Gasteiger partial charge in [-0.2, -0.15) is 5.26 Å². The summed E-state index contributed by atoms with van der Waals surface area (Å²) in [6.45, 7) is 1.86. The van der Waals surface area contributed by atoms with Gasteiger partial charge in [0.25, 0.3) is 0 Å². The predicted molar refractivity (Wildman–Crippen MR) is 119 cm³/mol. The van der Waals surface area contributed by atoms with Crippen molar-refractivity contribution >= 4 is 5.78 Å². The van der Waals surface area contributed by atoms with Gasteiger partial charge in [-0.25, -0.2) is 18.2 Å². The molecule has 9 heteroatoms. The molecule has 1 aliphatic heterocycles. The van der Waals surface area contributed by atoms with Crippen LogP contribution < -0.4 is 0 Å². The predicted octanol–water partition coefficient (Wildman–Crippen LogP) is 4.73. The van der Waals surface area contributed by atoms with Crippen molar-refractivity contribution in [3.63, 3.8) is 0 Å². The topological polar surface area (TPSA) is 96.1 Å². The van der Waals surface area contributed by atoms with Gasteiger partial charge in [-0.3, -0.25) is 9.78 Å². The van der Waals surface area contributed by atoms with Crippen molar-refractivity contribution in [2.24, 2.45) is 5.92 Å². The molecule has 2 aromatic heterocycles. The lowest BCUT2D eigenvalue weighted by atomic mass is 9.85. The lowest BCUT2D eigenvalue weighted by molar-refractivity contribution is -0.123. The molecule has 0 aliphatic carbocycles. The van der Waals surface area contributed by atoms with E-state index in [1.807, 2.05) is 6.92 Å². The maximum Gasteiger partial charge on any atom is 0.185 e. The lowest BCUT2D eigenvalue weighted by Gasteiger charge is -2.37. The fourth-order valence-corrected chi connectivity index (χ4v) is 4.34. The van der Waals surface area contributed by atoms with E-state index in [9.17, 15) is 28.3 Å². The molecule has 0 amide bonds. The Balaban J connectivity index is 1.63. The van der Waals surface area contributed by atoms with Crippen LogP contribution in [0.3, 0.4) is 0 Å². The largest absolute Gasteiger partial charge is 0.392 e. The molecule has 0 radical (unpaired) electrons. The monoisotopic (exact) mass is 481 g/mol. The summed E-state index contributed by atoms with van der Waals surface area (Å²) in [4.78, 5) is 21.1. The van der Waals surface area contributed by atoms with Crippen molar-refractivity contribution in [2.45, 2.75) is 44.5 Å². The zero-order valence-electron chi connectivity index (χ0n) is 18.8. The highest BCUT2D eigenvalue weighted by Gasteiger charge is 2.38. The smallest absolute Gasteiger partial charge is 0.185 e. The van der Waals surface area contributed by atoms with Crippen LogP contribution in [0, 0.1) is 34.7 Å². The molecule has 1 aliphatic rings. The summed E-state index contributed by atoms with van der Waals surface area (Å²) in [5.74, 6) is -4.12. The minimum atomic E-state index is -0.996. The molecule has 4 rings (SSSR count). The van der Waals surface area contributed by atoms with Crippen LogP contribution in [0.25, 0.3) is 11.3 Å². The number of ether oxygens (including phenoxy) is 1. The summed E-state index contributed by atoms with van der Waals surface area (Å²) in [6, 6.07) is 8.98. The van der Waals surface area contributed by atoms with Crippen LogP contribution in [0.1, 0.15) is 47.5 Å². The molecule has 6 nitrogen and oxygen atoms in total. The zero-order chi connectivity index (χ0) is 25.1. The number of benzene rings is 1. The van der Waals surface area contributed by atoms with E-state index in [0.717, 1.165) is 30.3 Å². The second-order valence-corrected chi connectivity index (χ2v) is 8.33. The number of carbonyl (C=O) groups is 1. The van der Waals surface area contributed by atoms with Crippen LogP contribution in [0.5, 0.6) is 0 Å². The van der Waals surface area contributed by atoms with Crippen molar-refractivity contribution in [1.82, 2.24) is 9.97 Å². The van der Waals surface area contributed by atoms with Crippen LogP contribution in [-0.4, -0.2) is 33.1 Å². The van der Waals surface area contributed by atoms with Crippen molar-refractivity contribution < 1.29 is 27.8 Å². The van der Waals surface area contributed by atoms with Gasteiger partial charge in [-0.15, -0.1) is 0 Å². The molecule has 0 bridgehead atoms. The van der Waals surface area contributed by atoms with E-state index in [1.165, 1.54) is 12.4 Å². The Kier molecular flexibility index (Phi) is 7.24. The van der Waals surface area contributed by atoms with Gasteiger partial charge < -0.3 is 9.84 Å². The molecular formula is C26H22F3N3O3. The quantitative estimate of drug-likeness (QED) is 0.512. The molecule has 180 valence electrons. The summed E-state index contributed by atoms with van der Waals surface area (Å²) in [6.07, 6.45) is 1.61. The van der Waals surface area contributed by atoms with E-state index in [4.69, 9.17) is 4.74 Å². The minimum absolute atomic E-state index is 0.167. The third kappa shape index (κ3) is 4.94. The SMILES string of the molecule is CC[C@H]1O[C@@H](c2ccncc2CC(=O)c2ccc(F)c(-c3c(F)cccc3F)n2)C[C@@H](O)[C@H]1C#N. The molecule has 3 heterocycles. The number of nitrogens with zero attached hydrogens (tertiary/aromatic N) is 3. The normalized spacial score (nSPS) is 21.9. The standard InChI is InChI=1S/C26H22F3N3O3/c1-2-23-16(12-30)21(33)11-24(35-23)15-8-9-31-13-14(15)10-22(34)20-7-6-19(29)26(32-20)25-17(27)4-3-5-18(25)28/h3-9,13,16,21,23-24,33H,2,10-11H2,1H3/t16-,21-,23-,24-/m1/s1. The number of hydrogen-bond donors (Lipinski definition) is 1. The fourth-order valence-electron chi connectivity index (χ4n) is 4.34. The first kappa shape index (κ1) is 24.5. The summed E-state index contributed by atoms with van der Waals surface area (Å²) in [5, 5.41) is 19.8. The van der Waals surface area contributed by atoms with E-state index < -0.39 is 58.7 Å². The van der Waals surface area contributed by atoms with E-state index in [1.54, 1.807) is 6.07 Å². The van der Waals surface area contributed by atoms with Gasteiger partial charge in [0, 0.05) is 25.2 Å². The third-order valence-electron chi connectivity index (χ3n) is 6.13. The summed E-state index contributed by atoms with van der Waals surface area (Å²) < 4.78 is 48.9. The van der Waals surface area contributed by atoms with E-state index in [0.29, 0.717) is 17.5 Å². The summed E-state index contributed by atoms with van der Waals surface area (Å²) in [5.41, 5.74) is -0.275. The number of Topliss-reactive ketones (excluding diaryl/α,β-unsaturated/α-hetero) is 1. The van der Waals surface area contributed by atoms with E-state index in [2.05, 4.69) is 16.0 Å². The van der Waals surface area contributed by atoms with Crippen molar-refractivity contribution in [1.29, 1.82) is 5.26 Å². The molecule has 1 fully saturated rings. The number of rotatable bonds is 6. The zero-order valence-corrected chi connectivity index (χ0v) is 18.8. The van der Waals surface area contributed by atoms with Crippen LogP contribution >= 0.6 is 0 Å². The number of aliphatic hydroxyl groups excluding tert-OH is 1. The fraction of sp³-hybridized carbons (Fsp3) is 0.308. The number of pyridine rings is 2. The van der Waals surface area contributed by atoms with E-state index >= 15 is 0 Å². The van der Waals surface area contributed by atoms with Gasteiger partial charge in [0.15, 0.2) is 5.78 Å². The van der Waals surface area contributed by atoms with Gasteiger partial charge in [-0.1, -0.05) is 13.0 Å². The summed E-state index contributed by atoms with van der Waals surface area (Å²) in [7, 11) is 0. The molecule has 3 aromatic rings. The Labute approximate surface area is 200 Å². The minimum Gasteiger partial charge on any atom is -0.392 e. The van der Waals surface area contributed by atoms with Crippen molar-refractivity contribution in [2.75, 3.05) is 0 Å². The van der Waals surface area contributed by atoms with Crippen LogP contribution in [-0.2, 0) is 11.2 Å². The second-order valence-electron chi connectivity index (χ2n) is 8.33. The average Bonchev–Trinajstić information content (AvgIpc) is 2.84. The Hall–Kier alpha value is -3.61. The first-order valence-corrected chi connectivity index (χ1v) is 11.1. The number of ketones is 1. The Morgan fingerprint density at radius 2 is 1.91 bits per heavy atom. The molecule has 1 aromatic carbocycles. The highest BCUT2D eigenvalue weighted by molar-refractivity contribution is 5.96. The molecular weight excluding hydrogens is 459 g/mol.